The molecule has 0 amide bonds. The van der Waals surface area contributed by atoms with Crippen LogP contribution in [0.15, 0.2) is 30.5 Å². The lowest BCUT2D eigenvalue weighted by atomic mass is 10.1. The minimum absolute atomic E-state index is 0.467. The Bertz CT molecular complexity index is 289. The fraction of sp³-hybridized carbons (Fsp3) is 0.364. The molecule has 0 bridgehead atoms. The van der Waals surface area contributed by atoms with Crippen molar-refractivity contribution in [1.82, 2.24) is 4.98 Å². The van der Waals surface area contributed by atoms with Crippen molar-refractivity contribution in [2.45, 2.75) is 26.4 Å². The number of hydrogen-bond acceptors (Lipinski definition) is 2. The van der Waals surface area contributed by atoms with Crippen LogP contribution in [0, 0.1) is 6.92 Å². The van der Waals surface area contributed by atoms with Crippen molar-refractivity contribution in [3.8, 4) is 0 Å². The van der Waals surface area contributed by atoms with E-state index in [4.69, 9.17) is 0 Å². The smallest absolute Gasteiger partial charge is 0.0841 e. The molecule has 1 aromatic rings. The molecule has 0 aliphatic heterocycles. The summed E-state index contributed by atoms with van der Waals surface area (Å²) in [5.74, 6) is 0. The van der Waals surface area contributed by atoms with Crippen LogP contribution in [0.1, 0.15) is 30.7 Å². The van der Waals surface area contributed by atoms with Crippen molar-refractivity contribution in [2.24, 2.45) is 0 Å². The number of hydrogen-bond donors (Lipinski definition) is 1. The number of aryl methyl sites for hydroxylation is 1. The zero-order valence-electron chi connectivity index (χ0n) is 8.12. The second-order valence-electron chi connectivity index (χ2n) is 3.41. The van der Waals surface area contributed by atoms with Gasteiger partial charge in [-0.3, -0.25) is 4.98 Å². The molecule has 1 aromatic heterocycles. The molecule has 1 N–H and O–H groups in total. The van der Waals surface area contributed by atoms with E-state index in [0.29, 0.717) is 6.42 Å². The highest BCUT2D eigenvalue weighted by Gasteiger charge is 2.06. The largest absolute Gasteiger partial charge is 0.388 e. The van der Waals surface area contributed by atoms with E-state index in [1.807, 2.05) is 26.0 Å². The van der Waals surface area contributed by atoms with Gasteiger partial charge in [-0.15, -0.1) is 6.58 Å². The number of aliphatic hydroxyl groups excluding tert-OH is 1. The lowest BCUT2D eigenvalue weighted by molar-refractivity contribution is 0.178. The fourth-order valence-corrected chi connectivity index (χ4v) is 1.12. The summed E-state index contributed by atoms with van der Waals surface area (Å²) < 4.78 is 0. The summed E-state index contributed by atoms with van der Waals surface area (Å²) in [6.07, 6.45) is 1.85. The van der Waals surface area contributed by atoms with E-state index in [2.05, 4.69) is 11.6 Å². The third kappa shape index (κ3) is 2.99. The van der Waals surface area contributed by atoms with Gasteiger partial charge in [0.25, 0.3) is 0 Å². The summed E-state index contributed by atoms with van der Waals surface area (Å²) in [5.41, 5.74) is 2.80. The predicted octanol–water partition coefficient (Wildman–Crippen LogP) is 2.39. The maximum atomic E-state index is 9.68. The summed E-state index contributed by atoms with van der Waals surface area (Å²) in [6.45, 7) is 7.59. The first-order chi connectivity index (χ1) is 6.09. The van der Waals surface area contributed by atoms with Crippen LogP contribution in [-0.4, -0.2) is 10.1 Å². The molecule has 2 heteroatoms. The van der Waals surface area contributed by atoms with Crippen molar-refractivity contribution in [3.05, 3.63) is 41.7 Å². The Kier molecular flexibility index (Phi) is 3.20. The van der Waals surface area contributed by atoms with Crippen molar-refractivity contribution in [1.29, 1.82) is 0 Å². The lowest BCUT2D eigenvalue weighted by Gasteiger charge is -2.09. The summed E-state index contributed by atoms with van der Waals surface area (Å²) in [7, 11) is 0. The molecule has 1 heterocycles. The molecule has 0 spiro atoms. The summed E-state index contributed by atoms with van der Waals surface area (Å²) in [4.78, 5) is 4.12. The average Bonchev–Trinajstić information content (AvgIpc) is 2.04. The van der Waals surface area contributed by atoms with E-state index in [1.54, 1.807) is 6.20 Å². The molecular weight excluding hydrogens is 162 g/mol. The molecule has 0 saturated heterocycles. The standard InChI is InChI=1S/C11H15NO/c1-8(2)6-11(13)10-5-4-9(3)12-7-10/h4-5,7,11,13H,1,6H2,2-3H3. The van der Waals surface area contributed by atoms with Crippen LogP contribution >= 0.6 is 0 Å². The Morgan fingerprint density at radius 3 is 2.77 bits per heavy atom. The van der Waals surface area contributed by atoms with Gasteiger partial charge in [0.2, 0.25) is 0 Å². The minimum atomic E-state index is -0.467. The summed E-state index contributed by atoms with van der Waals surface area (Å²) in [5, 5.41) is 9.68. The molecule has 0 saturated carbocycles. The SMILES string of the molecule is C=C(C)CC(O)c1ccc(C)nc1. The molecule has 0 aliphatic rings. The Hall–Kier alpha value is -1.15. The van der Waals surface area contributed by atoms with Crippen molar-refractivity contribution in [2.75, 3.05) is 0 Å². The van der Waals surface area contributed by atoms with Crippen LogP contribution < -0.4 is 0 Å². The Balaban J connectivity index is 2.71. The number of rotatable bonds is 3. The highest BCUT2D eigenvalue weighted by atomic mass is 16.3. The number of aromatic nitrogens is 1. The van der Waals surface area contributed by atoms with Crippen LogP contribution in [0.5, 0.6) is 0 Å². The third-order valence-electron chi connectivity index (χ3n) is 1.86. The van der Waals surface area contributed by atoms with Crippen LogP contribution in [0.25, 0.3) is 0 Å². The second kappa shape index (κ2) is 4.19. The van der Waals surface area contributed by atoms with Crippen LogP contribution in [-0.2, 0) is 0 Å². The topological polar surface area (TPSA) is 33.1 Å². The summed E-state index contributed by atoms with van der Waals surface area (Å²) >= 11 is 0. The summed E-state index contributed by atoms with van der Waals surface area (Å²) in [6, 6.07) is 3.80. The quantitative estimate of drug-likeness (QED) is 0.719. The molecule has 70 valence electrons. The first kappa shape index (κ1) is 9.93. The first-order valence-electron chi connectivity index (χ1n) is 4.34. The minimum Gasteiger partial charge on any atom is -0.388 e. The van der Waals surface area contributed by atoms with E-state index in [1.165, 1.54) is 0 Å². The molecule has 2 nitrogen and oxygen atoms in total. The van der Waals surface area contributed by atoms with Gasteiger partial charge in [0.15, 0.2) is 0 Å². The van der Waals surface area contributed by atoms with Crippen LogP contribution in [0.4, 0.5) is 0 Å². The van der Waals surface area contributed by atoms with Gasteiger partial charge < -0.3 is 5.11 Å². The maximum absolute atomic E-state index is 9.68. The molecule has 0 aliphatic carbocycles. The Morgan fingerprint density at radius 2 is 2.31 bits per heavy atom. The molecule has 1 atom stereocenters. The lowest BCUT2D eigenvalue weighted by Crippen LogP contribution is -1.98. The molecule has 0 aromatic carbocycles. The van der Waals surface area contributed by atoms with Gasteiger partial charge in [0, 0.05) is 11.9 Å². The number of pyridine rings is 1. The zero-order valence-corrected chi connectivity index (χ0v) is 8.12. The monoisotopic (exact) mass is 177 g/mol. The molecule has 1 rings (SSSR count). The van der Waals surface area contributed by atoms with Gasteiger partial charge in [-0.2, -0.15) is 0 Å². The Morgan fingerprint density at radius 1 is 1.62 bits per heavy atom. The second-order valence-corrected chi connectivity index (χ2v) is 3.41. The van der Waals surface area contributed by atoms with E-state index in [-0.39, 0.29) is 0 Å². The predicted molar refractivity (Wildman–Crippen MR) is 53.4 cm³/mol. The van der Waals surface area contributed by atoms with Crippen molar-refractivity contribution >= 4 is 0 Å². The van der Waals surface area contributed by atoms with Crippen LogP contribution in [0.2, 0.25) is 0 Å². The van der Waals surface area contributed by atoms with Crippen molar-refractivity contribution in [3.63, 3.8) is 0 Å². The van der Waals surface area contributed by atoms with E-state index in [0.717, 1.165) is 16.8 Å². The molecule has 1 unspecified atom stereocenters. The van der Waals surface area contributed by atoms with E-state index < -0.39 is 6.10 Å². The molecule has 0 fully saturated rings. The molecular formula is C11H15NO. The molecule has 13 heavy (non-hydrogen) atoms. The van der Waals surface area contributed by atoms with Gasteiger partial charge in [0.05, 0.1) is 6.10 Å². The van der Waals surface area contributed by atoms with Gasteiger partial charge in [-0.05, 0) is 31.9 Å². The average molecular weight is 177 g/mol. The Labute approximate surface area is 78.9 Å². The highest BCUT2D eigenvalue weighted by Crippen LogP contribution is 2.18. The maximum Gasteiger partial charge on any atom is 0.0841 e. The molecule has 0 radical (unpaired) electrons. The zero-order chi connectivity index (χ0) is 9.84. The highest BCUT2D eigenvalue weighted by molar-refractivity contribution is 5.17. The number of nitrogens with zero attached hydrogens (tertiary/aromatic N) is 1. The normalized spacial score (nSPS) is 12.5. The van der Waals surface area contributed by atoms with Gasteiger partial charge >= 0.3 is 0 Å². The van der Waals surface area contributed by atoms with Gasteiger partial charge in [0.1, 0.15) is 0 Å². The van der Waals surface area contributed by atoms with Gasteiger partial charge in [-0.1, -0.05) is 11.6 Å². The first-order valence-corrected chi connectivity index (χ1v) is 4.34. The van der Waals surface area contributed by atoms with Crippen LogP contribution in [0.3, 0.4) is 0 Å². The third-order valence-corrected chi connectivity index (χ3v) is 1.86. The number of aliphatic hydroxyl groups is 1. The van der Waals surface area contributed by atoms with Gasteiger partial charge in [-0.25, -0.2) is 0 Å². The van der Waals surface area contributed by atoms with E-state index in [9.17, 15) is 5.11 Å². The fourth-order valence-electron chi connectivity index (χ4n) is 1.12. The van der Waals surface area contributed by atoms with E-state index >= 15 is 0 Å². The van der Waals surface area contributed by atoms with Crippen molar-refractivity contribution < 1.29 is 5.11 Å².